The summed E-state index contributed by atoms with van der Waals surface area (Å²) in [6.45, 7) is 8.07. The fourth-order valence-corrected chi connectivity index (χ4v) is 2.56. The van der Waals surface area contributed by atoms with E-state index in [1.807, 2.05) is 20.8 Å². The van der Waals surface area contributed by atoms with Crippen LogP contribution in [-0.4, -0.2) is 53.0 Å². The van der Waals surface area contributed by atoms with Crippen molar-refractivity contribution in [3.8, 4) is 0 Å². The summed E-state index contributed by atoms with van der Waals surface area (Å²) in [5, 5.41) is 0. The van der Waals surface area contributed by atoms with Gasteiger partial charge in [0.25, 0.3) is 0 Å². The molecule has 7 heteroatoms. The summed E-state index contributed by atoms with van der Waals surface area (Å²) in [6, 6.07) is 0. The first-order chi connectivity index (χ1) is 10.3. The standard InChI is InChI=1S/C15H21N3O4/c1-15(2,3)13-16-10-8-17(5-4-11(10)22-13)12(19)9-18-6-7-21-14(18)20/h4-9H2,1-3H3. The minimum Gasteiger partial charge on any atom is -0.448 e. The third-order valence-corrected chi connectivity index (χ3v) is 3.89. The number of oxazole rings is 1. The van der Waals surface area contributed by atoms with Crippen molar-refractivity contribution in [2.45, 2.75) is 39.2 Å². The zero-order valence-corrected chi connectivity index (χ0v) is 13.2. The van der Waals surface area contributed by atoms with E-state index in [2.05, 4.69) is 4.98 Å². The molecule has 2 aliphatic heterocycles. The van der Waals surface area contributed by atoms with Gasteiger partial charge in [-0.05, 0) is 0 Å². The Morgan fingerprint density at radius 2 is 2.09 bits per heavy atom. The van der Waals surface area contributed by atoms with Gasteiger partial charge in [-0.25, -0.2) is 9.78 Å². The number of hydrogen-bond acceptors (Lipinski definition) is 5. The molecule has 3 rings (SSSR count). The predicted octanol–water partition coefficient (Wildman–Crippen LogP) is 1.31. The van der Waals surface area contributed by atoms with Crippen molar-refractivity contribution in [3.05, 3.63) is 17.3 Å². The van der Waals surface area contributed by atoms with E-state index in [9.17, 15) is 9.59 Å². The van der Waals surface area contributed by atoms with Gasteiger partial charge in [-0.3, -0.25) is 9.69 Å². The first kappa shape index (κ1) is 14.9. The second-order valence-corrected chi connectivity index (χ2v) is 6.74. The molecule has 1 aromatic rings. The molecule has 1 saturated heterocycles. The van der Waals surface area contributed by atoms with E-state index in [0.29, 0.717) is 38.6 Å². The summed E-state index contributed by atoms with van der Waals surface area (Å²) in [5.74, 6) is 1.49. The molecule has 120 valence electrons. The van der Waals surface area contributed by atoms with Gasteiger partial charge in [0, 0.05) is 18.4 Å². The smallest absolute Gasteiger partial charge is 0.410 e. The molecule has 0 spiro atoms. The molecule has 0 aromatic carbocycles. The lowest BCUT2D eigenvalue weighted by Gasteiger charge is -2.26. The maximum atomic E-state index is 12.3. The minimum absolute atomic E-state index is 0.0676. The van der Waals surface area contributed by atoms with Crippen molar-refractivity contribution in [2.24, 2.45) is 0 Å². The van der Waals surface area contributed by atoms with E-state index in [0.717, 1.165) is 11.5 Å². The van der Waals surface area contributed by atoms with Gasteiger partial charge in [0.2, 0.25) is 5.91 Å². The molecular formula is C15H21N3O4. The molecule has 0 saturated carbocycles. The number of ether oxygens (including phenoxy) is 1. The average Bonchev–Trinajstić information content (AvgIpc) is 3.04. The van der Waals surface area contributed by atoms with Crippen molar-refractivity contribution in [1.82, 2.24) is 14.8 Å². The molecule has 1 fully saturated rings. The van der Waals surface area contributed by atoms with Crippen molar-refractivity contribution >= 4 is 12.0 Å². The minimum atomic E-state index is -0.414. The highest BCUT2D eigenvalue weighted by Crippen LogP contribution is 2.27. The van der Waals surface area contributed by atoms with Gasteiger partial charge in [0.05, 0.1) is 13.1 Å². The molecule has 0 unspecified atom stereocenters. The Labute approximate surface area is 129 Å². The lowest BCUT2D eigenvalue weighted by Crippen LogP contribution is -2.43. The van der Waals surface area contributed by atoms with E-state index in [1.54, 1.807) is 4.90 Å². The Hall–Kier alpha value is -2.05. The molecule has 2 amide bonds. The van der Waals surface area contributed by atoms with Crippen LogP contribution in [0.15, 0.2) is 4.42 Å². The number of rotatable bonds is 2. The van der Waals surface area contributed by atoms with Gasteiger partial charge in [-0.15, -0.1) is 0 Å². The number of fused-ring (bicyclic) bond motifs is 1. The summed E-state index contributed by atoms with van der Waals surface area (Å²) < 4.78 is 10.7. The number of cyclic esters (lactones) is 1. The molecule has 0 bridgehead atoms. The predicted molar refractivity (Wildman–Crippen MR) is 77.2 cm³/mol. The molecule has 1 aromatic heterocycles. The Bertz CT molecular complexity index is 602. The van der Waals surface area contributed by atoms with Gasteiger partial charge in [-0.2, -0.15) is 0 Å². The zero-order chi connectivity index (χ0) is 15.9. The summed E-state index contributed by atoms with van der Waals surface area (Å²) in [5.41, 5.74) is 0.680. The normalized spacial score (nSPS) is 18.4. The summed E-state index contributed by atoms with van der Waals surface area (Å²) in [4.78, 5) is 31.4. The van der Waals surface area contributed by atoms with Crippen LogP contribution in [0.4, 0.5) is 4.79 Å². The van der Waals surface area contributed by atoms with Crippen molar-refractivity contribution in [3.63, 3.8) is 0 Å². The molecule has 22 heavy (non-hydrogen) atoms. The van der Waals surface area contributed by atoms with Gasteiger partial charge < -0.3 is 14.1 Å². The first-order valence-corrected chi connectivity index (χ1v) is 7.53. The highest BCUT2D eigenvalue weighted by Gasteiger charge is 2.31. The van der Waals surface area contributed by atoms with Gasteiger partial charge >= 0.3 is 6.09 Å². The van der Waals surface area contributed by atoms with Crippen LogP contribution >= 0.6 is 0 Å². The topological polar surface area (TPSA) is 75.9 Å². The number of nitrogens with zero attached hydrogens (tertiary/aromatic N) is 3. The quantitative estimate of drug-likeness (QED) is 0.823. The zero-order valence-electron chi connectivity index (χ0n) is 13.2. The fourth-order valence-electron chi connectivity index (χ4n) is 2.56. The first-order valence-electron chi connectivity index (χ1n) is 7.53. The summed E-state index contributed by atoms with van der Waals surface area (Å²) >= 11 is 0. The number of amides is 2. The molecule has 0 N–H and O–H groups in total. The van der Waals surface area contributed by atoms with Gasteiger partial charge in [0.15, 0.2) is 5.89 Å². The lowest BCUT2D eigenvalue weighted by molar-refractivity contribution is -0.132. The van der Waals surface area contributed by atoms with E-state index in [1.165, 1.54) is 4.90 Å². The number of hydrogen-bond donors (Lipinski definition) is 0. The van der Waals surface area contributed by atoms with E-state index in [4.69, 9.17) is 9.15 Å². The molecule has 3 heterocycles. The Kier molecular flexibility index (Phi) is 3.58. The summed E-state index contributed by atoms with van der Waals surface area (Å²) in [7, 11) is 0. The lowest BCUT2D eigenvalue weighted by atomic mass is 9.97. The van der Waals surface area contributed by atoms with Crippen LogP contribution in [-0.2, 0) is 27.9 Å². The Balaban J connectivity index is 1.67. The summed E-state index contributed by atoms with van der Waals surface area (Å²) in [6.07, 6.45) is 0.247. The average molecular weight is 307 g/mol. The number of aromatic nitrogens is 1. The SMILES string of the molecule is CC(C)(C)c1nc2c(o1)CCN(C(=O)CN1CCOC1=O)C2. The van der Waals surface area contributed by atoms with Crippen LogP contribution in [0, 0.1) is 0 Å². The third-order valence-electron chi connectivity index (χ3n) is 3.89. The monoisotopic (exact) mass is 307 g/mol. The van der Waals surface area contributed by atoms with Crippen molar-refractivity contribution in [2.75, 3.05) is 26.2 Å². The van der Waals surface area contributed by atoms with Crippen LogP contribution in [0.25, 0.3) is 0 Å². The van der Waals surface area contributed by atoms with Crippen LogP contribution in [0.2, 0.25) is 0 Å². The fraction of sp³-hybridized carbons (Fsp3) is 0.667. The van der Waals surface area contributed by atoms with Gasteiger partial charge in [0.1, 0.15) is 24.6 Å². The molecule has 0 atom stereocenters. The molecule has 0 radical (unpaired) electrons. The Morgan fingerprint density at radius 3 is 2.73 bits per heavy atom. The third kappa shape index (κ3) is 2.80. The second kappa shape index (κ2) is 5.30. The van der Waals surface area contributed by atoms with E-state index >= 15 is 0 Å². The number of carbonyl (C=O) groups excluding carboxylic acids is 2. The van der Waals surface area contributed by atoms with Crippen LogP contribution in [0.5, 0.6) is 0 Å². The molecule has 2 aliphatic rings. The molecular weight excluding hydrogens is 286 g/mol. The Morgan fingerprint density at radius 1 is 1.32 bits per heavy atom. The van der Waals surface area contributed by atoms with Crippen molar-refractivity contribution in [1.29, 1.82) is 0 Å². The van der Waals surface area contributed by atoms with E-state index in [-0.39, 0.29) is 17.9 Å². The van der Waals surface area contributed by atoms with Crippen LogP contribution < -0.4 is 0 Å². The van der Waals surface area contributed by atoms with Crippen molar-refractivity contribution < 1.29 is 18.7 Å². The van der Waals surface area contributed by atoms with Gasteiger partial charge in [-0.1, -0.05) is 20.8 Å². The second-order valence-electron chi connectivity index (χ2n) is 6.74. The number of carbonyl (C=O) groups is 2. The van der Waals surface area contributed by atoms with Crippen LogP contribution in [0.1, 0.15) is 38.1 Å². The highest BCUT2D eigenvalue weighted by molar-refractivity contribution is 5.83. The highest BCUT2D eigenvalue weighted by atomic mass is 16.6. The maximum absolute atomic E-state index is 12.3. The van der Waals surface area contributed by atoms with E-state index < -0.39 is 6.09 Å². The molecule has 7 nitrogen and oxygen atoms in total. The molecule has 0 aliphatic carbocycles. The largest absolute Gasteiger partial charge is 0.448 e. The van der Waals surface area contributed by atoms with Crippen LogP contribution in [0.3, 0.4) is 0 Å². The maximum Gasteiger partial charge on any atom is 0.410 e.